The molecule has 2 heteroatoms. The van der Waals surface area contributed by atoms with E-state index in [0.717, 1.165) is 0 Å². The summed E-state index contributed by atoms with van der Waals surface area (Å²) in [6, 6.07) is 0. The van der Waals surface area contributed by atoms with Gasteiger partial charge in [-0.3, -0.25) is 4.79 Å². The van der Waals surface area contributed by atoms with E-state index in [4.69, 9.17) is 5.48 Å². The Balaban J connectivity index is 2.74. The van der Waals surface area contributed by atoms with Crippen molar-refractivity contribution in [2.75, 3.05) is 13.0 Å². The maximum absolute atomic E-state index is 10.4. The third-order valence-corrected chi connectivity index (χ3v) is 0.352. The molecular weight excluding hydrogens is 66.0 g/mol. The molecule has 5 heavy (non-hydrogen) atoms. The van der Waals surface area contributed by atoms with Crippen LogP contribution in [0.3, 0.4) is 0 Å². The van der Waals surface area contributed by atoms with Crippen LogP contribution in [-0.2, 0) is 4.79 Å². The van der Waals surface area contributed by atoms with Gasteiger partial charge in [-0.2, -0.15) is 0 Å². The topological polar surface area (TPSA) is 29.1 Å². The van der Waals surface area contributed by atoms with E-state index in [1.165, 1.54) is 0 Å². The highest BCUT2D eigenvalue weighted by Gasteiger charge is 2.07. The third-order valence-electron chi connectivity index (χ3n) is 0.352. The largest absolute Gasteiger partial charge is 0.303 e. The highest BCUT2D eigenvalue weighted by Crippen LogP contribution is 1.75. The molecule has 1 aliphatic heterocycles. The van der Waals surface area contributed by atoms with Gasteiger partial charge in [0, 0.05) is 0 Å². The van der Waals surface area contributed by atoms with Crippen LogP contribution in [0.25, 0.3) is 0 Å². The van der Waals surface area contributed by atoms with Crippen LogP contribution in [0.15, 0.2) is 0 Å². The minimum Gasteiger partial charge on any atom is -0.303 e. The van der Waals surface area contributed by atoms with E-state index in [2.05, 4.69) is 0 Å². The number of rotatable bonds is 0. The predicted molar refractivity (Wildman–Crippen MR) is 17.9 cm³/mol. The first kappa shape index (κ1) is 0.819. The number of hydrogen-bond donors (Lipinski definition) is 1. The lowest BCUT2D eigenvalue weighted by Gasteiger charge is -2.08. The van der Waals surface area contributed by atoms with Crippen molar-refractivity contribution < 1.29 is 10.3 Å². The van der Waals surface area contributed by atoms with E-state index >= 15 is 0 Å². The van der Waals surface area contributed by atoms with Gasteiger partial charge in [0.15, 0.2) is 5.78 Å². The van der Waals surface area contributed by atoms with Crippen molar-refractivity contribution in [3.8, 4) is 0 Å². The van der Waals surface area contributed by atoms with Crippen LogP contribution in [-0.4, -0.2) is 18.8 Å². The van der Waals surface area contributed by atoms with E-state index in [-0.39, 0.29) is 0 Å². The summed E-state index contributed by atoms with van der Waals surface area (Å²) in [5.41, 5.74) is 0. The van der Waals surface area contributed by atoms with Crippen LogP contribution in [0.4, 0.5) is 0 Å². The number of Topliss-reactive ketones (excluding diaryl/α,β-unsaturated/α-hetero) is 1. The molecule has 0 radical (unpaired) electrons. The summed E-state index contributed by atoms with van der Waals surface area (Å²) >= 11 is 0. The van der Waals surface area contributed by atoms with Crippen LogP contribution < -0.4 is 5.32 Å². The summed E-state index contributed by atoms with van der Waals surface area (Å²) in [6.07, 6.45) is 0. The Kier molecular flexibility index (Phi) is 0.130. The molecule has 0 bridgehead atoms. The Bertz CT molecular complexity index is 149. The van der Waals surface area contributed by atoms with Gasteiger partial charge < -0.3 is 5.32 Å². The molecule has 0 aliphatic carbocycles. The van der Waals surface area contributed by atoms with Crippen LogP contribution >= 0.6 is 0 Å². The lowest BCUT2D eigenvalue weighted by atomic mass is 10.3. The quantitative estimate of drug-likeness (QED) is 0.406. The van der Waals surface area contributed by atoms with Crippen molar-refractivity contribution in [1.82, 2.24) is 5.32 Å². The second-order valence-corrected chi connectivity index (χ2v) is 0.704. The summed E-state index contributed by atoms with van der Waals surface area (Å²) < 4.78 is 26.8. The van der Waals surface area contributed by atoms with E-state index in [9.17, 15) is 4.79 Å². The highest BCUT2D eigenvalue weighted by molar-refractivity contribution is 5.87. The monoisotopic (exact) mass is 75.1 g/mol. The molecule has 0 aromatic heterocycles. The smallest absolute Gasteiger partial charge is 0.160 e. The summed E-state index contributed by atoms with van der Waals surface area (Å²) in [5, 5.41) is 1.83. The fourth-order valence-corrected chi connectivity index (χ4v) is 0.114. The van der Waals surface area contributed by atoms with Crippen LogP contribution in [0.1, 0.15) is 5.48 Å². The van der Waals surface area contributed by atoms with Gasteiger partial charge in [0.25, 0.3) is 0 Å². The molecule has 1 saturated heterocycles. The van der Waals surface area contributed by atoms with Crippen LogP contribution in [0.5, 0.6) is 0 Å². The Morgan fingerprint density at radius 1 is 2.00 bits per heavy atom. The van der Waals surface area contributed by atoms with Crippen molar-refractivity contribution in [1.29, 1.82) is 0 Å². The van der Waals surface area contributed by atoms with Gasteiger partial charge in [0.05, 0.1) is 18.5 Å². The molecule has 1 fully saturated rings. The molecule has 0 unspecified atom stereocenters. The zero-order chi connectivity index (χ0) is 7.28. The van der Waals surface area contributed by atoms with E-state index < -0.39 is 18.8 Å². The van der Waals surface area contributed by atoms with E-state index in [0.29, 0.717) is 0 Å². The summed E-state index contributed by atoms with van der Waals surface area (Å²) in [7, 11) is 0. The Morgan fingerprint density at radius 3 is 2.60 bits per heavy atom. The zero-order valence-electron chi connectivity index (χ0n) is 6.41. The maximum Gasteiger partial charge on any atom is 0.160 e. The molecule has 0 aromatic carbocycles. The molecule has 2 nitrogen and oxygen atoms in total. The normalized spacial score (nSPS) is 54.0. The van der Waals surface area contributed by atoms with Crippen LogP contribution in [0.2, 0.25) is 0 Å². The Hall–Kier alpha value is -0.370. The molecule has 1 heterocycles. The molecule has 1 N–H and O–H groups in total. The van der Waals surface area contributed by atoms with Crippen LogP contribution in [0, 0.1) is 0 Å². The molecule has 28 valence electrons. The fraction of sp³-hybridized carbons (Fsp3) is 0.667. The van der Waals surface area contributed by atoms with Gasteiger partial charge in [-0.15, -0.1) is 0 Å². The second kappa shape index (κ2) is 0.792. The first-order valence-electron chi connectivity index (χ1n) is 3.20. The van der Waals surface area contributed by atoms with Gasteiger partial charge in [0.2, 0.25) is 0 Å². The predicted octanol–water partition coefficient (Wildman–Crippen LogP) is -0.841. The van der Waals surface area contributed by atoms with Crippen molar-refractivity contribution in [3.63, 3.8) is 0 Å². The summed E-state index contributed by atoms with van der Waals surface area (Å²) in [6.45, 7) is -4.30. The van der Waals surface area contributed by atoms with Crippen molar-refractivity contribution in [3.05, 3.63) is 0 Å². The zero-order valence-corrected chi connectivity index (χ0v) is 2.41. The molecule has 1 rings (SSSR count). The van der Waals surface area contributed by atoms with Gasteiger partial charge in [-0.1, -0.05) is 0 Å². The highest BCUT2D eigenvalue weighted by atomic mass is 16.1. The van der Waals surface area contributed by atoms with E-state index in [1.54, 1.807) is 0 Å². The van der Waals surface area contributed by atoms with Gasteiger partial charge >= 0.3 is 0 Å². The standard InChI is InChI=1S/C3H5NO/c5-3-1-4-2-3/h4H,1-2H2/i1D2,2D2. The van der Waals surface area contributed by atoms with Gasteiger partial charge in [-0.05, 0) is 0 Å². The van der Waals surface area contributed by atoms with Gasteiger partial charge in [0.1, 0.15) is 0 Å². The second-order valence-electron chi connectivity index (χ2n) is 0.704. The number of carbonyl (C=O) groups excluding carboxylic acids is 1. The number of ketones is 1. The number of carbonyl (C=O) groups is 1. The minimum absolute atomic E-state index is 1.03. The van der Waals surface area contributed by atoms with Crippen molar-refractivity contribution >= 4 is 5.78 Å². The first-order valence-corrected chi connectivity index (χ1v) is 1.20. The molecule has 0 saturated carbocycles. The molecule has 0 aromatic rings. The summed E-state index contributed by atoms with van der Waals surface area (Å²) in [5.74, 6) is -1.03. The first-order chi connectivity index (χ1) is 3.86. The molecule has 1 aliphatic rings. The SMILES string of the molecule is [2H]C1([2H])NC([2H])([2H])C1=O. The average Bonchev–Trinajstić information content (AvgIpc) is 1.63. The number of nitrogens with one attached hydrogen (secondary N) is 1. The van der Waals surface area contributed by atoms with Gasteiger partial charge in [-0.25, -0.2) is 0 Å². The molecular formula is C3H5NO. The Morgan fingerprint density at radius 2 is 2.60 bits per heavy atom. The molecule has 0 amide bonds. The number of hydrogen-bond acceptors (Lipinski definition) is 2. The maximum atomic E-state index is 10.4. The minimum atomic E-state index is -2.15. The lowest BCUT2D eigenvalue weighted by Crippen LogP contribution is -2.42. The fourth-order valence-electron chi connectivity index (χ4n) is 0.114. The van der Waals surface area contributed by atoms with Crippen molar-refractivity contribution in [2.45, 2.75) is 0 Å². The van der Waals surface area contributed by atoms with Crippen molar-refractivity contribution in [2.24, 2.45) is 0 Å². The molecule has 0 spiro atoms. The third kappa shape index (κ3) is 0.304. The Labute approximate surface area is 35.8 Å². The summed E-state index contributed by atoms with van der Waals surface area (Å²) in [4.78, 5) is 10.4. The molecule has 0 atom stereocenters. The van der Waals surface area contributed by atoms with E-state index in [1.807, 2.05) is 5.32 Å². The lowest BCUT2D eigenvalue weighted by molar-refractivity contribution is -0.121. The average molecular weight is 75.1 g/mol.